The highest BCUT2D eigenvalue weighted by molar-refractivity contribution is 7.16. The van der Waals surface area contributed by atoms with Crippen molar-refractivity contribution in [3.05, 3.63) is 38.3 Å². The number of terminal acetylenes is 1. The molecule has 126 valence electrons. The summed E-state index contributed by atoms with van der Waals surface area (Å²) in [7, 11) is 0. The minimum absolute atomic E-state index is 0.209. The number of fused-ring (bicyclic) bond motifs is 2. The Hall–Kier alpha value is -2.27. The predicted octanol–water partition coefficient (Wildman–Crippen LogP) is 3.45. The molecule has 0 unspecified atom stereocenters. The van der Waals surface area contributed by atoms with Crippen LogP contribution < -0.4 is 14.3 Å². The molecule has 0 saturated carbocycles. The molecule has 0 atom stereocenters. The highest BCUT2D eigenvalue weighted by Gasteiger charge is 2.17. The first-order valence-corrected chi connectivity index (χ1v) is 9.33. The lowest BCUT2D eigenvalue weighted by atomic mass is 10.3. The molecule has 0 fully saturated rings. The van der Waals surface area contributed by atoms with Crippen LogP contribution in [0.5, 0.6) is 11.5 Å². The second-order valence-electron chi connectivity index (χ2n) is 5.24. The Morgan fingerprint density at radius 1 is 1.32 bits per heavy atom. The lowest BCUT2D eigenvalue weighted by molar-refractivity contribution is -0.117. The van der Waals surface area contributed by atoms with E-state index in [9.17, 15) is 4.79 Å². The SMILES string of the molecule is C#CCn1c(=NC(=O)Cc2ccc(Cl)s2)sc2cc3c(cc21)OCO3. The van der Waals surface area contributed by atoms with Crippen LogP contribution in [0, 0.1) is 12.3 Å². The second kappa shape index (κ2) is 6.56. The topological polar surface area (TPSA) is 52.8 Å². The Labute approximate surface area is 156 Å². The number of thiazole rings is 1. The van der Waals surface area contributed by atoms with Gasteiger partial charge in [0.15, 0.2) is 16.3 Å². The van der Waals surface area contributed by atoms with Crippen LogP contribution in [0.15, 0.2) is 29.3 Å². The summed E-state index contributed by atoms with van der Waals surface area (Å²) in [6.45, 7) is 0.525. The summed E-state index contributed by atoms with van der Waals surface area (Å²) in [4.78, 5) is 18.0. The third-order valence-corrected chi connectivity index (χ3v) is 5.87. The fourth-order valence-electron chi connectivity index (χ4n) is 2.53. The third kappa shape index (κ3) is 3.16. The Balaban J connectivity index is 1.76. The lowest BCUT2D eigenvalue weighted by Gasteiger charge is -2.01. The van der Waals surface area contributed by atoms with Gasteiger partial charge in [-0.2, -0.15) is 4.99 Å². The molecular formula is C17H11ClN2O3S2. The Bertz CT molecular complexity index is 1090. The van der Waals surface area contributed by atoms with Gasteiger partial charge in [0.2, 0.25) is 6.79 Å². The van der Waals surface area contributed by atoms with Crippen molar-refractivity contribution in [2.75, 3.05) is 6.79 Å². The Morgan fingerprint density at radius 2 is 2.12 bits per heavy atom. The summed E-state index contributed by atoms with van der Waals surface area (Å²) in [5.74, 6) is 3.72. The van der Waals surface area contributed by atoms with Crippen LogP contribution in [0.2, 0.25) is 4.34 Å². The molecule has 0 bridgehead atoms. The fraction of sp³-hybridized carbons (Fsp3) is 0.176. The number of halogens is 1. The van der Waals surface area contributed by atoms with Gasteiger partial charge in [-0.15, -0.1) is 17.8 Å². The number of amides is 1. The summed E-state index contributed by atoms with van der Waals surface area (Å²) >= 11 is 8.67. The van der Waals surface area contributed by atoms with Gasteiger partial charge in [-0.3, -0.25) is 4.79 Å². The molecule has 0 aliphatic carbocycles. The van der Waals surface area contributed by atoms with E-state index in [1.807, 2.05) is 22.8 Å². The van der Waals surface area contributed by atoms with Crippen LogP contribution in [0.3, 0.4) is 0 Å². The van der Waals surface area contributed by atoms with Crippen molar-refractivity contribution >= 4 is 50.4 Å². The van der Waals surface area contributed by atoms with Gasteiger partial charge in [0, 0.05) is 17.0 Å². The van der Waals surface area contributed by atoms with Crippen LogP contribution in [0.25, 0.3) is 10.2 Å². The monoisotopic (exact) mass is 390 g/mol. The Morgan fingerprint density at radius 3 is 2.84 bits per heavy atom. The van der Waals surface area contributed by atoms with Gasteiger partial charge >= 0.3 is 0 Å². The first-order valence-electron chi connectivity index (χ1n) is 7.32. The highest BCUT2D eigenvalue weighted by atomic mass is 35.5. The fourth-order valence-corrected chi connectivity index (χ4v) is 4.67. The van der Waals surface area contributed by atoms with E-state index >= 15 is 0 Å². The maximum absolute atomic E-state index is 12.3. The zero-order valence-electron chi connectivity index (χ0n) is 12.8. The first-order chi connectivity index (χ1) is 12.1. The molecule has 5 nitrogen and oxygen atoms in total. The molecule has 8 heteroatoms. The number of ether oxygens (including phenoxy) is 2. The summed E-state index contributed by atoms with van der Waals surface area (Å²) < 4.78 is 14.2. The van der Waals surface area contributed by atoms with Gasteiger partial charge in [-0.1, -0.05) is 28.9 Å². The molecule has 0 N–H and O–H groups in total. The maximum atomic E-state index is 12.3. The molecule has 3 heterocycles. The normalized spacial score (nSPS) is 13.4. The van der Waals surface area contributed by atoms with E-state index in [-0.39, 0.29) is 19.1 Å². The number of hydrogen-bond donors (Lipinski definition) is 0. The van der Waals surface area contributed by atoms with E-state index in [1.54, 1.807) is 6.07 Å². The molecule has 0 saturated heterocycles. The zero-order chi connectivity index (χ0) is 17.4. The highest BCUT2D eigenvalue weighted by Crippen LogP contribution is 2.36. The Kier molecular flexibility index (Phi) is 4.25. The van der Waals surface area contributed by atoms with Crippen molar-refractivity contribution in [3.8, 4) is 23.8 Å². The van der Waals surface area contributed by atoms with Crippen LogP contribution >= 0.6 is 34.3 Å². The number of benzene rings is 1. The molecule has 2 aromatic heterocycles. The third-order valence-electron chi connectivity index (χ3n) is 3.60. The predicted molar refractivity (Wildman–Crippen MR) is 98.4 cm³/mol. The van der Waals surface area contributed by atoms with E-state index in [2.05, 4.69) is 10.9 Å². The zero-order valence-corrected chi connectivity index (χ0v) is 15.2. The van der Waals surface area contributed by atoms with Gasteiger partial charge in [0.25, 0.3) is 5.91 Å². The van der Waals surface area contributed by atoms with Crippen molar-refractivity contribution < 1.29 is 14.3 Å². The minimum Gasteiger partial charge on any atom is -0.454 e. The second-order valence-corrected chi connectivity index (χ2v) is 8.04. The number of hydrogen-bond acceptors (Lipinski definition) is 5. The van der Waals surface area contributed by atoms with Crippen LogP contribution in [0.4, 0.5) is 0 Å². The van der Waals surface area contributed by atoms with E-state index in [0.717, 1.165) is 15.1 Å². The van der Waals surface area contributed by atoms with E-state index in [4.69, 9.17) is 27.5 Å². The van der Waals surface area contributed by atoms with E-state index in [1.165, 1.54) is 22.7 Å². The van der Waals surface area contributed by atoms with Crippen molar-refractivity contribution in [3.63, 3.8) is 0 Å². The summed E-state index contributed by atoms with van der Waals surface area (Å²) in [6, 6.07) is 7.36. The van der Waals surface area contributed by atoms with E-state index in [0.29, 0.717) is 27.2 Å². The van der Waals surface area contributed by atoms with Crippen LogP contribution in [-0.4, -0.2) is 17.3 Å². The molecule has 0 spiro atoms. The van der Waals surface area contributed by atoms with Crippen LogP contribution in [-0.2, 0) is 17.8 Å². The van der Waals surface area contributed by atoms with Gasteiger partial charge in [0.05, 0.1) is 27.5 Å². The molecule has 3 aromatic rings. The van der Waals surface area contributed by atoms with Gasteiger partial charge in [-0.25, -0.2) is 0 Å². The molecule has 4 rings (SSSR count). The van der Waals surface area contributed by atoms with E-state index < -0.39 is 0 Å². The smallest absolute Gasteiger partial charge is 0.253 e. The van der Waals surface area contributed by atoms with Crippen molar-refractivity contribution in [2.45, 2.75) is 13.0 Å². The molecule has 0 radical (unpaired) electrons. The van der Waals surface area contributed by atoms with Gasteiger partial charge in [-0.05, 0) is 12.1 Å². The standard InChI is InChI=1S/C17H11ClN2O3S2/c1-2-5-20-11-7-12-13(23-9-22-12)8-14(11)25-17(20)19-16(21)6-10-3-4-15(18)24-10/h1,3-4,7-8H,5-6,9H2. The van der Waals surface area contributed by atoms with Gasteiger partial charge in [0.1, 0.15) is 0 Å². The molecular weight excluding hydrogens is 380 g/mol. The summed E-state index contributed by atoms with van der Waals surface area (Å²) in [6.07, 6.45) is 5.70. The summed E-state index contributed by atoms with van der Waals surface area (Å²) in [5.41, 5.74) is 0.873. The van der Waals surface area contributed by atoms with Crippen molar-refractivity contribution in [1.82, 2.24) is 4.57 Å². The van der Waals surface area contributed by atoms with Crippen molar-refractivity contribution in [2.24, 2.45) is 4.99 Å². The first kappa shape index (κ1) is 16.2. The van der Waals surface area contributed by atoms with Crippen LogP contribution in [0.1, 0.15) is 4.88 Å². The quantitative estimate of drug-likeness (QED) is 0.643. The number of carbonyl (C=O) groups excluding carboxylic acids is 1. The number of aromatic nitrogens is 1. The average Bonchev–Trinajstić information content (AvgIpc) is 3.26. The number of rotatable bonds is 3. The van der Waals surface area contributed by atoms with Crippen molar-refractivity contribution in [1.29, 1.82) is 0 Å². The minimum atomic E-state index is -0.240. The van der Waals surface area contributed by atoms with Gasteiger partial charge < -0.3 is 14.0 Å². The average molecular weight is 391 g/mol. The molecule has 1 amide bonds. The number of thiophene rings is 1. The lowest BCUT2D eigenvalue weighted by Crippen LogP contribution is -2.17. The number of nitrogens with zero attached hydrogens (tertiary/aromatic N) is 2. The molecule has 1 aromatic carbocycles. The maximum Gasteiger partial charge on any atom is 0.253 e. The molecule has 1 aliphatic heterocycles. The largest absolute Gasteiger partial charge is 0.454 e. The molecule has 1 aliphatic rings. The molecule has 25 heavy (non-hydrogen) atoms. The summed E-state index contributed by atoms with van der Waals surface area (Å²) in [5, 5.41) is 0. The number of carbonyl (C=O) groups is 1.